The molecule has 0 N–H and O–H groups in total. The molecule has 5 heteroatoms. The minimum absolute atomic E-state index is 0.330. The summed E-state index contributed by atoms with van der Waals surface area (Å²) >= 11 is 19.2. The minimum atomic E-state index is 0.330. The van der Waals surface area contributed by atoms with Crippen LogP contribution in [0.25, 0.3) is 0 Å². The first-order valence-electron chi connectivity index (χ1n) is 12.0. The first-order valence-corrected chi connectivity index (χ1v) is 13.1. The number of halogens is 3. The van der Waals surface area contributed by atoms with E-state index in [-0.39, 0.29) is 0 Å². The maximum absolute atomic E-state index is 9.06. The van der Waals surface area contributed by atoms with Gasteiger partial charge in [-0.15, -0.1) is 0 Å². The van der Waals surface area contributed by atoms with E-state index in [0.717, 1.165) is 35.1 Å². The van der Waals surface area contributed by atoms with Crippen molar-refractivity contribution in [1.82, 2.24) is 4.90 Å². The monoisotopic (exact) mass is 512 g/mol. The smallest absolute Gasteiger partial charge is 0.0944 e. The molecule has 0 spiro atoms. The summed E-state index contributed by atoms with van der Waals surface area (Å²) < 4.78 is 0. The van der Waals surface area contributed by atoms with Crippen LogP contribution in [-0.2, 0) is 0 Å². The fraction of sp³-hybridized carbons (Fsp3) is 0.414. The van der Waals surface area contributed by atoms with Crippen LogP contribution in [0.1, 0.15) is 56.6 Å². The van der Waals surface area contributed by atoms with E-state index in [4.69, 9.17) is 40.1 Å². The van der Waals surface area contributed by atoms with Gasteiger partial charge in [0.25, 0.3) is 0 Å². The number of hydrogen-bond acceptors (Lipinski definition) is 2. The Morgan fingerprint density at radius 1 is 1.00 bits per heavy atom. The lowest BCUT2D eigenvalue weighted by Crippen LogP contribution is -2.33. The highest BCUT2D eigenvalue weighted by molar-refractivity contribution is 6.35. The van der Waals surface area contributed by atoms with Crippen molar-refractivity contribution in [3.8, 4) is 6.07 Å². The van der Waals surface area contributed by atoms with Crippen LogP contribution in [0.5, 0.6) is 0 Å². The number of likely N-dealkylation sites (tertiary alicyclic amines) is 1. The summed E-state index contributed by atoms with van der Waals surface area (Å²) in [5.41, 5.74) is 4.55. The van der Waals surface area contributed by atoms with Crippen molar-refractivity contribution in [2.45, 2.75) is 51.5 Å². The summed E-state index contributed by atoms with van der Waals surface area (Å²) in [4.78, 5) is 2.62. The molecule has 1 saturated heterocycles. The fourth-order valence-electron chi connectivity index (χ4n) is 5.87. The molecule has 0 bridgehead atoms. The van der Waals surface area contributed by atoms with Crippen LogP contribution in [0, 0.1) is 23.2 Å². The van der Waals surface area contributed by atoms with Crippen LogP contribution >= 0.6 is 34.8 Å². The highest BCUT2D eigenvalue weighted by Gasteiger charge is 2.46. The van der Waals surface area contributed by atoms with Gasteiger partial charge in [0.1, 0.15) is 0 Å². The largest absolute Gasteiger partial charge is 0.296 e. The molecule has 1 heterocycles. The van der Waals surface area contributed by atoms with Crippen molar-refractivity contribution in [1.29, 1.82) is 5.26 Å². The molecule has 2 aromatic carbocycles. The molecule has 2 aliphatic rings. The van der Waals surface area contributed by atoms with Crippen molar-refractivity contribution >= 4 is 34.8 Å². The average molecular weight is 514 g/mol. The molecule has 2 fully saturated rings. The molecular weight excluding hydrogens is 483 g/mol. The Morgan fingerprint density at radius 3 is 2.38 bits per heavy atom. The second kappa shape index (κ2) is 10.9. The third-order valence-corrected chi connectivity index (χ3v) is 8.67. The van der Waals surface area contributed by atoms with E-state index in [1.807, 2.05) is 37.3 Å². The predicted octanol–water partition coefficient (Wildman–Crippen LogP) is 8.66. The second-order valence-electron chi connectivity index (χ2n) is 9.85. The molecule has 0 aromatic heterocycles. The van der Waals surface area contributed by atoms with Gasteiger partial charge in [-0.2, -0.15) is 5.26 Å². The molecule has 0 amide bonds. The number of rotatable bonds is 5. The van der Waals surface area contributed by atoms with Crippen LogP contribution in [0.2, 0.25) is 15.1 Å². The summed E-state index contributed by atoms with van der Waals surface area (Å²) in [5.74, 6) is 1.91. The molecule has 34 heavy (non-hydrogen) atoms. The molecular formula is C29H31Cl3N2. The molecule has 0 radical (unpaired) electrons. The lowest BCUT2D eigenvalue weighted by molar-refractivity contribution is 0.226. The molecule has 1 saturated carbocycles. The van der Waals surface area contributed by atoms with Gasteiger partial charge in [0.2, 0.25) is 0 Å². The Balaban J connectivity index is 1.65. The third-order valence-electron chi connectivity index (χ3n) is 7.86. The quantitative estimate of drug-likeness (QED) is 0.295. The third kappa shape index (κ3) is 5.39. The molecule has 4 rings (SSSR count). The Hall–Kier alpha value is -1.76. The number of allylic oxidation sites excluding steroid dienone is 3. The summed E-state index contributed by atoms with van der Waals surface area (Å²) in [5, 5.41) is 11.3. The Bertz CT molecular complexity index is 1130. The van der Waals surface area contributed by atoms with Crippen molar-refractivity contribution in [3.05, 3.63) is 92.0 Å². The van der Waals surface area contributed by atoms with Gasteiger partial charge in [0.15, 0.2) is 0 Å². The topological polar surface area (TPSA) is 27.0 Å². The summed E-state index contributed by atoms with van der Waals surface area (Å²) in [7, 11) is 0. The van der Waals surface area contributed by atoms with Gasteiger partial charge in [0, 0.05) is 39.8 Å². The SMILES string of the molecule is C/C(C#N)=C\C=C(/C)C(C)N1CC2CCC(c3ccc(Cl)cc3Cl)C(c3ccc(Cl)cc3)C2C1. The van der Waals surface area contributed by atoms with Crippen LogP contribution in [0.3, 0.4) is 0 Å². The van der Waals surface area contributed by atoms with E-state index < -0.39 is 0 Å². The van der Waals surface area contributed by atoms with Crippen LogP contribution < -0.4 is 0 Å². The van der Waals surface area contributed by atoms with Crippen molar-refractivity contribution in [3.63, 3.8) is 0 Å². The summed E-state index contributed by atoms with van der Waals surface area (Å²) in [6.07, 6.45) is 6.32. The summed E-state index contributed by atoms with van der Waals surface area (Å²) in [6, 6.07) is 16.9. The van der Waals surface area contributed by atoms with E-state index in [2.05, 4.69) is 49.1 Å². The Labute approximate surface area is 218 Å². The average Bonchev–Trinajstić information content (AvgIpc) is 3.26. The lowest BCUT2D eigenvalue weighted by Gasteiger charge is -2.41. The van der Waals surface area contributed by atoms with E-state index in [0.29, 0.717) is 34.7 Å². The molecule has 1 aliphatic carbocycles. The van der Waals surface area contributed by atoms with Gasteiger partial charge in [0.05, 0.1) is 6.07 Å². The van der Waals surface area contributed by atoms with Crippen molar-refractivity contribution in [2.75, 3.05) is 13.1 Å². The van der Waals surface area contributed by atoms with Gasteiger partial charge in [-0.3, -0.25) is 4.90 Å². The number of nitriles is 1. The van der Waals surface area contributed by atoms with Gasteiger partial charge in [-0.25, -0.2) is 0 Å². The van der Waals surface area contributed by atoms with Crippen molar-refractivity contribution in [2.24, 2.45) is 11.8 Å². The first kappa shape index (κ1) is 25.3. The van der Waals surface area contributed by atoms with E-state index in [1.165, 1.54) is 23.1 Å². The van der Waals surface area contributed by atoms with Gasteiger partial charge >= 0.3 is 0 Å². The zero-order chi connectivity index (χ0) is 24.4. The molecule has 5 atom stereocenters. The van der Waals surface area contributed by atoms with E-state index in [1.54, 1.807) is 0 Å². The number of nitrogens with zero attached hydrogens (tertiary/aromatic N) is 2. The highest BCUT2D eigenvalue weighted by atomic mass is 35.5. The van der Waals surface area contributed by atoms with E-state index >= 15 is 0 Å². The molecule has 5 unspecified atom stereocenters. The first-order chi connectivity index (χ1) is 16.3. The zero-order valence-corrected chi connectivity index (χ0v) is 22.2. The predicted molar refractivity (Wildman–Crippen MR) is 144 cm³/mol. The maximum Gasteiger partial charge on any atom is 0.0944 e. The number of benzene rings is 2. The summed E-state index contributed by atoms with van der Waals surface area (Å²) in [6.45, 7) is 8.44. The Kier molecular flexibility index (Phi) is 8.11. The highest BCUT2D eigenvalue weighted by Crippen LogP contribution is 2.54. The van der Waals surface area contributed by atoms with Crippen LogP contribution in [0.15, 0.2) is 65.8 Å². The molecule has 1 aliphatic heterocycles. The van der Waals surface area contributed by atoms with Crippen LogP contribution in [0.4, 0.5) is 0 Å². The molecule has 2 aromatic rings. The standard InChI is InChI=1S/C29H31Cl3N2/c1-18(15-33)4-5-19(2)20(3)34-16-22-8-12-26(25-13-11-24(31)14-28(25)32)29(27(22)17-34)21-6-9-23(30)10-7-21/h4-7,9-11,13-14,20,22,26-27,29H,8,12,16-17H2,1-3H3/b18-4+,19-5+. The molecule has 178 valence electrons. The fourth-order valence-corrected chi connectivity index (χ4v) is 6.54. The maximum atomic E-state index is 9.06. The second-order valence-corrected chi connectivity index (χ2v) is 11.1. The van der Waals surface area contributed by atoms with Crippen LogP contribution in [-0.4, -0.2) is 24.0 Å². The van der Waals surface area contributed by atoms with Gasteiger partial charge in [-0.1, -0.05) is 64.7 Å². The van der Waals surface area contributed by atoms with E-state index in [9.17, 15) is 0 Å². The van der Waals surface area contributed by atoms with Crippen molar-refractivity contribution < 1.29 is 0 Å². The van der Waals surface area contributed by atoms with Gasteiger partial charge < -0.3 is 0 Å². The zero-order valence-electron chi connectivity index (χ0n) is 19.9. The van der Waals surface area contributed by atoms with Gasteiger partial charge in [-0.05, 0) is 98.8 Å². The number of hydrogen-bond donors (Lipinski definition) is 0. The normalized spacial score (nSPS) is 26.7. The minimum Gasteiger partial charge on any atom is -0.296 e. The lowest BCUT2D eigenvalue weighted by atomic mass is 9.63. The Morgan fingerprint density at radius 2 is 1.71 bits per heavy atom. The number of fused-ring (bicyclic) bond motifs is 1. The molecule has 2 nitrogen and oxygen atoms in total.